The van der Waals surface area contributed by atoms with Crippen molar-refractivity contribution in [3.8, 4) is 22.3 Å². The van der Waals surface area contributed by atoms with Crippen LogP contribution in [0.1, 0.15) is 63.3 Å². The van der Waals surface area contributed by atoms with Crippen molar-refractivity contribution in [1.82, 2.24) is 35.5 Å². The van der Waals surface area contributed by atoms with E-state index in [4.69, 9.17) is 14.7 Å². The van der Waals surface area contributed by atoms with Gasteiger partial charge < -0.3 is 30.2 Å². The number of methoxy groups -OCH3 is 1. The van der Waals surface area contributed by atoms with Crippen LogP contribution in [0.5, 0.6) is 0 Å². The van der Waals surface area contributed by atoms with Gasteiger partial charge in [0.2, 0.25) is 5.91 Å². The first-order chi connectivity index (χ1) is 21.9. The van der Waals surface area contributed by atoms with Crippen LogP contribution in [0.3, 0.4) is 0 Å². The number of nitrogens with zero attached hydrogens (tertiary/aromatic N) is 3. The van der Waals surface area contributed by atoms with Crippen molar-refractivity contribution in [2.24, 2.45) is 5.92 Å². The number of ether oxygens (including phenoxy) is 1. The normalized spacial score (nSPS) is 19.1. The molecule has 0 radical (unpaired) electrons. The van der Waals surface area contributed by atoms with Gasteiger partial charge in [-0.15, -0.1) is 0 Å². The highest BCUT2D eigenvalue weighted by molar-refractivity contribution is 5.87. The van der Waals surface area contributed by atoms with Crippen LogP contribution in [0.15, 0.2) is 60.7 Å². The van der Waals surface area contributed by atoms with Crippen LogP contribution in [-0.2, 0) is 9.53 Å². The summed E-state index contributed by atoms with van der Waals surface area (Å²) in [6, 6.07) is 20.7. The first kappa shape index (κ1) is 29.0. The molecular weight excluding hydrogens is 566 g/mol. The Morgan fingerprint density at radius 3 is 2.02 bits per heavy atom. The SMILES string of the molecule is COC(=O)N[C@@H](C(=O)N1CCC[C@H]1c1nc2ccc(-c3ccc(-c4ccc5nc([C@@H]6CCCN6)[nH]c5c4)cc3)cc2[nH]1)C(C)C. The Labute approximate surface area is 262 Å². The molecule has 232 valence electrons. The van der Waals surface area contributed by atoms with Crippen LogP contribution in [0.2, 0.25) is 0 Å². The third-order valence-corrected chi connectivity index (χ3v) is 9.19. The number of rotatable bonds is 7. The Hall–Kier alpha value is -4.70. The molecule has 2 aliphatic heterocycles. The van der Waals surface area contributed by atoms with Gasteiger partial charge in [-0.3, -0.25) is 4.79 Å². The quantitative estimate of drug-likeness (QED) is 0.174. The molecule has 0 aliphatic carbocycles. The van der Waals surface area contributed by atoms with Gasteiger partial charge in [0, 0.05) is 6.54 Å². The van der Waals surface area contributed by atoms with Gasteiger partial charge >= 0.3 is 6.09 Å². The summed E-state index contributed by atoms with van der Waals surface area (Å²) >= 11 is 0. The topological polar surface area (TPSA) is 128 Å². The van der Waals surface area contributed by atoms with Crippen LogP contribution in [0, 0.1) is 5.92 Å². The van der Waals surface area contributed by atoms with Crippen molar-refractivity contribution in [2.75, 3.05) is 20.2 Å². The summed E-state index contributed by atoms with van der Waals surface area (Å²) in [6.07, 6.45) is 3.39. The molecule has 2 aromatic heterocycles. The van der Waals surface area contributed by atoms with Gasteiger partial charge in [-0.05, 0) is 84.7 Å². The zero-order chi connectivity index (χ0) is 31.1. The number of likely N-dealkylation sites (tertiary alicyclic amines) is 1. The molecule has 0 bridgehead atoms. The number of H-pyrrole nitrogens is 2. The number of benzene rings is 3. The number of carbonyl (C=O) groups is 2. The van der Waals surface area contributed by atoms with E-state index in [-0.39, 0.29) is 17.9 Å². The molecule has 2 fully saturated rings. The third-order valence-electron chi connectivity index (χ3n) is 9.19. The molecule has 2 aliphatic rings. The predicted octanol–water partition coefficient (Wildman–Crippen LogP) is 6.24. The Morgan fingerprint density at radius 2 is 1.44 bits per heavy atom. The molecule has 7 rings (SSSR count). The van der Waals surface area contributed by atoms with E-state index in [1.807, 2.05) is 24.8 Å². The number of aromatic nitrogens is 4. The monoisotopic (exact) mass is 605 g/mol. The largest absolute Gasteiger partial charge is 0.453 e. The minimum absolute atomic E-state index is 0.0807. The first-order valence-corrected chi connectivity index (χ1v) is 15.9. The highest BCUT2D eigenvalue weighted by Crippen LogP contribution is 2.34. The Bertz CT molecular complexity index is 1850. The van der Waals surface area contributed by atoms with Gasteiger partial charge in [0.1, 0.15) is 17.7 Å². The lowest BCUT2D eigenvalue weighted by atomic mass is 10.00. The van der Waals surface area contributed by atoms with E-state index in [2.05, 4.69) is 75.2 Å². The molecule has 4 N–H and O–H groups in total. The Balaban J connectivity index is 1.09. The molecular formula is C35H39N7O3. The number of hydrogen-bond donors (Lipinski definition) is 4. The van der Waals surface area contributed by atoms with Gasteiger partial charge in [0.05, 0.1) is 41.3 Å². The minimum Gasteiger partial charge on any atom is -0.453 e. The van der Waals surface area contributed by atoms with Crippen molar-refractivity contribution < 1.29 is 14.3 Å². The molecule has 3 aromatic carbocycles. The molecule has 0 spiro atoms. The van der Waals surface area contributed by atoms with Crippen molar-refractivity contribution in [2.45, 2.75) is 57.7 Å². The van der Waals surface area contributed by atoms with Crippen LogP contribution in [0.25, 0.3) is 44.3 Å². The summed E-state index contributed by atoms with van der Waals surface area (Å²) in [5.74, 6) is 1.60. The van der Waals surface area contributed by atoms with Gasteiger partial charge in [0.15, 0.2) is 0 Å². The standard InChI is InChI=1S/C35H39N7O3/c1-20(2)31(41-35(44)45-3)34(43)42-17-5-7-30(42)33-38-26-15-13-24(19-29(26)40-33)22-10-8-21(9-11-22)23-12-14-25-28(18-23)39-32(37-25)27-6-4-16-36-27/h8-15,18-20,27,30-31,36H,4-7,16-17H2,1-3H3,(H,37,39)(H,38,40)(H,41,44)/t27-,30-,31+/m0/s1. The maximum absolute atomic E-state index is 13.5. The third kappa shape index (κ3) is 5.66. The average Bonchev–Trinajstić information content (AvgIpc) is 3.88. The second-order valence-corrected chi connectivity index (χ2v) is 12.5. The summed E-state index contributed by atoms with van der Waals surface area (Å²) in [5.41, 5.74) is 8.33. The van der Waals surface area contributed by atoms with Crippen molar-refractivity contribution in [3.63, 3.8) is 0 Å². The van der Waals surface area contributed by atoms with E-state index in [0.29, 0.717) is 12.6 Å². The smallest absolute Gasteiger partial charge is 0.407 e. The van der Waals surface area contributed by atoms with Crippen LogP contribution >= 0.6 is 0 Å². The van der Waals surface area contributed by atoms with Crippen LogP contribution in [0.4, 0.5) is 4.79 Å². The second kappa shape index (κ2) is 12.0. The highest BCUT2D eigenvalue weighted by atomic mass is 16.5. The fourth-order valence-corrected chi connectivity index (χ4v) is 6.71. The molecule has 3 atom stereocenters. The summed E-state index contributed by atoms with van der Waals surface area (Å²) in [4.78, 5) is 44.0. The second-order valence-electron chi connectivity index (χ2n) is 12.5. The van der Waals surface area contributed by atoms with Crippen LogP contribution in [-0.4, -0.2) is 63.1 Å². The molecule has 0 saturated carbocycles. The van der Waals surface area contributed by atoms with Gasteiger partial charge in [0.25, 0.3) is 0 Å². The average molecular weight is 606 g/mol. The van der Waals surface area contributed by atoms with Gasteiger partial charge in [-0.2, -0.15) is 0 Å². The maximum Gasteiger partial charge on any atom is 0.407 e. The van der Waals surface area contributed by atoms with E-state index < -0.39 is 12.1 Å². The Kier molecular flexibility index (Phi) is 7.75. The zero-order valence-corrected chi connectivity index (χ0v) is 25.9. The summed E-state index contributed by atoms with van der Waals surface area (Å²) in [7, 11) is 1.30. The number of imidazole rings is 2. The molecule has 10 heteroatoms. The number of amides is 2. The number of nitrogens with one attached hydrogen (secondary N) is 4. The van der Waals surface area contributed by atoms with Crippen molar-refractivity contribution in [1.29, 1.82) is 0 Å². The number of carbonyl (C=O) groups excluding carboxylic acids is 2. The number of aromatic amines is 2. The van der Waals surface area contributed by atoms with Gasteiger partial charge in [-0.25, -0.2) is 14.8 Å². The molecule has 5 aromatic rings. The number of hydrogen-bond acceptors (Lipinski definition) is 6. The van der Waals surface area contributed by atoms with E-state index in [0.717, 1.165) is 81.8 Å². The summed E-state index contributed by atoms with van der Waals surface area (Å²) in [6.45, 7) is 5.50. The number of alkyl carbamates (subject to hydrolysis) is 1. The molecule has 10 nitrogen and oxygen atoms in total. The molecule has 2 amide bonds. The minimum atomic E-state index is -0.662. The molecule has 45 heavy (non-hydrogen) atoms. The van der Waals surface area contributed by atoms with E-state index in [1.165, 1.54) is 13.5 Å². The molecule has 4 heterocycles. The lowest BCUT2D eigenvalue weighted by Crippen LogP contribution is -2.51. The van der Waals surface area contributed by atoms with Gasteiger partial charge in [-0.1, -0.05) is 50.2 Å². The predicted molar refractivity (Wildman–Crippen MR) is 174 cm³/mol. The first-order valence-electron chi connectivity index (χ1n) is 15.9. The summed E-state index contributed by atoms with van der Waals surface area (Å²) < 4.78 is 4.76. The van der Waals surface area contributed by atoms with Crippen LogP contribution < -0.4 is 10.6 Å². The summed E-state index contributed by atoms with van der Waals surface area (Å²) in [5, 5.41) is 6.23. The van der Waals surface area contributed by atoms with E-state index in [1.54, 1.807) is 0 Å². The Morgan fingerprint density at radius 1 is 0.844 bits per heavy atom. The van der Waals surface area contributed by atoms with E-state index >= 15 is 0 Å². The highest BCUT2D eigenvalue weighted by Gasteiger charge is 2.37. The fraction of sp³-hybridized carbons (Fsp3) is 0.371. The fourth-order valence-electron chi connectivity index (χ4n) is 6.71. The lowest BCUT2D eigenvalue weighted by molar-refractivity contribution is -0.135. The van der Waals surface area contributed by atoms with Crippen molar-refractivity contribution in [3.05, 3.63) is 72.3 Å². The molecule has 2 saturated heterocycles. The maximum atomic E-state index is 13.5. The molecule has 0 unspecified atom stereocenters. The number of fused-ring (bicyclic) bond motifs is 2. The van der Waals surface area contributed by atoms with Crippen molar-refractivity contribution >= 4 is 34.1 Å². The van der Waals surface area contributed by atoms with E-state index in [9.17, 15) is 9.59 Å². The zero-order valence-electron chi connectivity index (χ0n) is 25.9. The lowest BCUT2D eigenvalue weighted by Gasteiger charge is -2.29.